The Morgan fingerprint density at radius 2 is 2.43 bits per heavy atom. The average molecular weight is 257 g/mol. The van der Waals surface area contributed by atoms with Crippen LogP contribution >= 0.6 is 15.9 Å². The summed E-state index contributed by atoms with van der Waals surface area (Å²) in [7, 11) is 0. The van der Waals surface area contributed by atoms with Crippen molar-refractivity contribution in [3.8, 4) is 11.8 Å². The minimum atomic E-state index is 0.0298. The molecule has 1 atom stereocenters. The third-order valence-electron chi connectivity index (χ3n) is 1.87. The molecule has 0 radical (unpaired) electrons. The fourth-order valence-corrected chi connectivity index (χ4v) is 1.48. The third-order valence-corrected chi connectivity index (χ3v) is 2.30. The van der Waals surface area contributed by atoms with Gasteiger partial charge in [0, 0.05) is 6.42 Å². The number of hydrazine groups is 1. The normalized spacial score (nSPS) is 11.9. The standard InChI is InChI=1S/C10H13BrN2O/c1-2-3-4-5-8(13-12)9-6-7-10(11)14-9/h6-8,13H,4-5,12H2,1H3. The maximum absolute atomic E-state index is 5.42. The Morgan fingerprint density at radius 3 is 2.93 bits per heavy atom. The SMILES string of the molecule is CC#CCCC(NN)c1ccc(Br)o1. The fraction of sp³-hybridized carbons (Fsp3) is 0.400. The first kappa shape index (κ1) is 11.3. The average Bonchev–Trinajstić information content (AvgIpc) is 2.60. The maximum atomic E-state index is 5.42. The molecule has 1 rings (SSSR count). The van der Waals surface area contributed by atoms with E-state index in [4.69, 9.17) is 10.3 Å². The first-order chi connectivity index (χ1) is 6.77. The van der Waals surface area contributed by atoms with Gasteiger partial charge in [-0.15, -0.1) is 11.8 Å². The van der Waals surface area contributed by atoms with Crippen LogP contribution in [0.1, 0.15) is 31.6 Å². The number of nitrogens with two attached hydrogens (primary N) is 1. The molecule has 76 valence electrons. The topological polar surface area (TPSA) is 51.2 Å². The monoisotopic (exact) mass is 256 g/mol. The van der Waals surface area contributed by atoms with Crippen LogP contribution in [0.4, 0.5) is 0 Å². The Morgan fingerprint density at radius 1 is 1.64 bits per heavy atom. The fourth-order valence-electron chi connectivity index (χ4n) is 1.16. The summed E-state index contributed by atoms with van der Waals surface area (Å²) in [6.45, 7) is 1.83. The Hall–Kier alpha value is -0.760. The van der Waals surface area contributed by atoms with Gasteiger partial charge >= 0.3 is 0 Å². The Balaban J connectivity index is 2.56. The van der Waals surface area contributed by atoms with E-state index in [9.17, 15) is 0 Å². The van der Waals surface area contributed by atoms with Crippen LogP contribution in [0.25, 0.3) is 0 Å². The molecule has 3 N–H and O–H groups in total. The first-order valence-electron chi connectivity index (χ1n) is 4.39. The highest BCUT2D eigenvalue weighted by Crippen LogP contribution is 2.22. The lowest BCUT2D eigenvalue weighted by Gasteiger charge is -2.10. The molecule has 1 unspecified atom stereocenters. The largest absolute Gasteiger partial charge is 0.453 e. The van der Waals surface area contributed by atoms with Crippen molar-refractivity contribution in [1.82, 2.24) is 5.43 Å². The summed E-state index contributed by atoms with van der Waals surface area (Å²) in [6.07, 6.45) is 1.65. The van der Waals surface area contributed by atoms with Crippen molar-refractivity contribution in [2.24, 2.45) is 5.84 Å². The van der Waals surface area contributed by atoms with E-state index in [1.807, 2.05) is 19.1 Å². The summed E-state index contributed by atoms with van der Waals surface area (Å²) < 4.78 is 6.11. The zero-order chi connectivity index (χ0) is 10.4. The molecule has 4 heteroatoms. The lowest BCUT2D eigenvalue weighted by atomic mass is 10.1. The summed E-state index contributed by atoms with van der Waals surface area (Å²) in [5.74, 6) is 12.1. The molecule has 1 aromatic heterocycles. The van der Waals surface area contributed by atoms with Gasteiger partial charge in [-0.2, -0.15) is 0 Å². The van der Waals surface area contributed by atoms with Crippen LogP contribution in [0.3, 0.4) is 0 Å². The minimum absolute atomic E-state index is 0.0298. The second kappa shape index (κ2) is 5.86. The van der Waals surface area contributed by atoms with E-state index in [1.54, 1.807) is 0 Å². The molecule has 0 spiro atoms. The van der Waals surface area contributed by atoms with Gasteiger partial charge in [-0.05, 0) is 41.4 Å². The number of hydrogen-bond donors (Lipinski definition) is 2. The predicted octanol–water partition coefficient (Wildman–Crippen LogP) is 2.35. The van der Waals surface area contributed by atoms with Gasteiger partial charge < -0.3 is 4.42 Å². The van der Waals surface area contributed by atoms with Crippen LogP contribution in [-0.4, -0.2) is 0 Å². The van der Waals surface area contributed by atoms with Gasteiger partial charge in [-0.1, -0.05) is 0 Å². The van der Waals surface area contributed by atoms with Gasteiger partial charge in [0.05, 0.1) is 6.04 Å². The summed E-state index contributed by atoms with van der Waals surface area (Å²) in [6, 6.07) is 3.78. The van der Waals surface area contributed by atoms with E-state index in [1.165, 1.54) is 0 Å². The number of furan rings is 1. The van der Waals surface area contributed by atoms with Crippen molar-refractivity contribution in [2.75, 3.05) is 0 Å². The Kier molecular flexibility index (Phi) is 4.74. The molecule has 0 amide bonds. The summed E-state index contributed by atoms with van der Waals surface area (Å²) in [5.41, 5.74) is 2.71. The van der Waals surface area contributed by atoms with E-state index in [2.05, 4.69) is 33.2 Å². The first-order valence-corrected chi connectivity index (χ1v) is 5.18. The molecule has 0 saturated carbocycles. The van der Waals surface area contributed by atoms with E-state index >= 15 is 0 Å². The number of nitrogens with one attached hydrogen (secondary N) is 1. The molecule has 0 aliphatic rings. The lowest BCUT2D eigenvalue weighted by molar-refractivity contribution is 0.394. The molecule has 1 heterocycles. The van der Waals surface area contributed by atoms with E-state index in [-0.39, 0.29) is 6.04 Å². The zero-order valence-corrected chi connectivity index (χ0v) is 9.60. The molecular formula is C10H13BrN2O. The van der Waals surface area contributed by atoms with E-state index < -0.39 is 0 Å². The maximum Gasteiger partial charge on any atom is 0.169 e. The molecule has 0 bridgehead atoms. The minimum Gasteiger partial charge on any atom is -0.453 e. The number of halogens is 1. The van der Waals surface area contributed by atoms with Crippen molar-refractivity contribution in [2.45, 2.75) is 25.8 Å². The molecule has 14 heavy (non-hydrogen) atoms. The number of rotatable bonds is 4. The molecule has 1 aromatic rings. The molecular weight excluding hydrogens is 244 g/mol. The van der Waals surface area contributed by atoms with Crippen LogP contribution in [0.2, 0.25) is 0 Å². The third kappa shape index (κ3) is 3.18. The van der Waals surface area contributed by atoms with Gasteiger partial charge in [0.25, 0.3) is 0 Å². The summed E-state index contributed by atoms with van der Waals surface area (Å²) >= 11 is 3.25. The van der Waals surface area contributed by atoms with Gasteiger partial charge in [-0.3, -0.25) is 5.84 Å². The van der Waals surface area contributed by atoms with Crippen LogP contribution in [-0.2, 0) is 0 Å². The van der Waals surface area contributed by atoms with Crippen LogP contribution in [0.15, 0.2) is 21.2 Å². The Labute approximate surface area is 92.1 Å². The molecule has 0 aromatic carbocycles. The zero-order valence-electron chi connectivity index (χ0n) is 8.01. The quantitative estimate of drug-likeness (QED) is 0.494. The highest BCUT2D eigenvalue weighted by Gasteiger charge is 2.12. The molecule has 3 nitrogen and oxygen atoms in total. The summed E-state index contributed by atoms with van der Waals surface area (Å²) in [5, 5.41) is 0. The second-order valence-corrected chi connectivity index (χ2v) is 3.61. The van der Waals surface area contributed by atoms with Crippen molar-refractivity contribution >= 4 is 15.9 Å². The highest BCUT2D eigenvalue weighted by atomic mass is 79.9. The van der Waals surface area contributed by atoms with Crippen molar-refractivity contribution < 1.29 is 4.42 Å². The van der Waals surface area contributed by atoms with Crippen LogP contribution in [0, 0.1) is 11.8 Å². The lowest BCUT2D eigenvalue weighted by Crippen LogP contribution is -2.27. The Bertz CT molecular complexity index is 337. The summed E-state index contributed by atoms with van der Waals surface area (Å²) in [4.78, 5) is 0. The highest BCUT2D eigenvalue weighted by molar-refractivity contribution is 9.10. The second-order valence-electron chi connectivity index (χ2n) is 2.83. The van der Waals surface area contributed by atoms with Gasteiger partial charge in [0.1, 0.15) is 5.76 Å². The van der Waals surface area contributed by atoms with Crippen molar-refractivity contribution in [3.05, 3.63) is 22.6 Å². The molecule has 0 aliphatic heterocycles. The number of hydrogen-bond acceptors (Lipinski definition) is 3. The molecule has 0 saturated heterocycles. The van der Waals surface area contributed by atoms with E-state index in [0.29, 0.717) is 4.67 Å². The van der Waals surface area contributed by atoms with Crippen LogP contribution < -0.4 is 11.3 Å². The predicted molar refractivity (Wildman–Crippen MR) is 59.2 cm³/mol. The van der Waals surface area contributed by atoms with Gasteiger partial charge in [-0.25, -0.2) is 5.43 Å². The van der Waals surface area contributed by atoms with Gasteiger partial charge in [0.2, 0.25) is 0 Å². The van der Waals surface area contributed by atoms with E-state index in [0.717, 1.165) is 18.6 Å². The van der Waals surface area contributed by atoms with Crippen molar-refractivity contribution in [3.63, 3.8) is 0 Å². The molecule has 0 aliphatic carbocycles. The van der Waals surface area contributed by atoms with Gasteiger partial charge in [0.15, 0.2) is 4.67 Å². The molecule has 0 fully saturated rings. The van der Waals surface area contributed by atoms with Crippen LogP contribution in [0.5, 0.6) is 0 Å². The smallest absolute Gasteiger partial charge is 0.169 e. The van der Waals surface area contributed by atoms with Crippen molar-refractivity contribution in [1.29, 1.82) is 0 Å².